The second-order valence-corrected chi connectivity index (χ2v) is 8.54. The van der Waals surface area contributed by atoms with Gasteiger partial charge in [0, 0.05) is 22.4 Å². The molecule has 0 fully saturated rings. The lowest BCUT2D eigenvalue weighted by atomic mass is 9.88. The molecular formula is C23H24N2O2S. The maximum Gasteiger partial charge on any atom is 0.258 e. The highest BCUT2D eigenvalue weighted by atomic mass is 32.1. The smallest absolute Gasteiger partial charge is 0.258 e. The minimum absolute atomic E-state index is 0.0640. The standard InChI is InChI=1S/C23H24N2O2S/c1-3-20(26)25-23-21(17-12-11-14(2)13-19(17)28-23)22(27)24-18-10-6-8-15-7-4-5-9-16(15)18/h4-10,14H,3,11-13H2,1-2H3,(H,24,27)(H,25,26)/t14-/m0/s1. The maximum absolute atomic E-state index is 13.3. The number of anilines is 2. The summed E-state index contributed by atoms with van der Waals surface area (Å²) in [6.07, 6.45) is 3.31. The van der Waals surface area contributed by atoms with Gasteiger partial charge >= 0.3 is 0 Å². The minimum atomic E-state index is -0.144. The molecule has 28 heavy (non-hydrogen) atoms. The molecule has 3 aromatic rings. The minimum Gasteiger partial charge on any atom is -0.321 e. The average molecular weight is 393 g/mol. The fourth-order valence-corrected chi connectivity index (χ4v) is 5.24. The number of rotatable bonds is 4. The van der Waals surface area contributed by atoms with Crippen LogP contribution in [0.3, 0.4) is 0 Å². The van der Waals surface area contributed by atoms with E-state index >= 15 is 0 Å². The van der Waals surface area contributed by atoms with Crippen molar-refractivity contribution in [3.63, 3.8) is 0 Å². The molecule has 0 radical (unpaired) electrons. The van der Waals surface area contributed by atoms with Gasteiger partial charge in [0.15, 0.2) is 0 Å². The van der Waals surface area contributed by atoms with Crippen molar-refractivity contribution in [1.29, 1.82) is 0 Å². The molecule has 1 aliphatic carbocycles. The number of thiophene rings is 1. The summed E-state index contributed by atoms with van der Waals surface area (Å²) < 4.78 is 0. The predicted octanol–water partition coefficient (Wildman–Crippen LogP) is 5.63. The van der Waals surface area contributed by atoms with Crippen LogP contribution in [0.1, 0.15) is 47.5 Å². The molecule has 144 valence electrons. The van der Waals surface area contributed by atoms with Gasteiger partial charge in [0.2, 0.25) is 5.91 Å². The number of amides is 2. The van der Waals surface area contributed by atoms with E-state index in [9.17, 15) is 9.59 Å². The van der Waals surface area contributed by atoms with Crippen molar-refractivity contribution in [2.45, 2.75) is 39.5 Å². The van der Waals surface area contributed by atoms with Crippen molar-refractivity contribution in [3.8, 4) is 0 Å². The predicted molar refractivity (Wildman–Crippen MR) is 116 cm³/mol. The molecule has 1 atom stereocenters. The average Bonchev–Trinajstić information content (AvgIpc) is 3.04. The first-order valence-electron chi connectivity index (χ1n) is 9.80. The number of nitrogens with one attached hydrogen (secondary N) is 2. The van der Waals surface area contributed by atoms with Crippen LogP contribution < -0.4 is 10.6 Å². The monoisotopic (exact) mass is 392 g/mol. The van der Waals surface area contributed by atoms with E-state index < -0.39 is 0 Å². The van der Waals surface area contributed by atoms with Crippen LogP contribution in [0.5, 0.6) is 0 Å². The van der Waals surface area contributed by atoms with Crippen LogP contribution in [0.25, 0.3) is 10.8 Å². The van der Waals surface area contributed by atoms with Crippen molar-refractivity contribution < 1.29 is 9.59 Å². The first-order chi connectivity index (χ1) is 13.6. The molecule has 4 nitrogen and oxygen atoms in total. The zero-order valence-electron chi connectivity index (χ0n) is 16.2. The van der Waals surface area contributed by atoms with Crippen molar-refractivity contribution in [2.75, 3.05) is 10.6 Å². The van der Waals surface area contributed by atoms with Crippen LogP contribution in [0.15, 0.2) is 42.5 Å². The molecule has 0 spiro atoms. The van der Waals surface area contributed by atoms with Gasteiger partial charge in [0.1, 0.15) is 5.00 Å². The summed E-state index contributed by atoms with van der Waals surface area (Å²) in [6, 6.07) is 13.9. The molecule has 2 N–H and O–H groups in total. The number of carbonyl (C=O) groups is 2. The molecule has 0 saturated heterocycles. The van der Waals surface area contributed by atoms with Crippen LogP contribution in [0, 0.1) is 5.92 Å². The molecule has 1 aliphatic rings. The summed E-state index contributed by atoms with van der Waals surface area (Å²) in [5, 5.41) is 8.83. The van der Waals surface area contributed by atoms with Gasteiger partial charge in [-0.3, -0.25) is 9.59 Å². The van der Waals surface area contributed by atoms with Crippen LogP contribution in [-0.4, -0.2) is 11.8 Å². The fraction of sp³-hybridized carbons (Fsp3) is 0.304. The van der Waals surface area contributed by atoms with E-state index in [4.69, 9.17) is 0 Å². The third kappa shape index (κ3) is 3.54. The second kappa shape index (κ2) is 7.76. The Balaban J connectivity index is 1.72. The number of carbonyl (C=O) groups excluding carboxylic acids is 2. The molecule has 0 aliphatic heterocycles. The number of benzene rings is 2. The second-order valence-electron chi connectivity index (χ2n) is 7.44. The van der Waals surface area contributed by atoms with Gasteiger partial charge in [-0.25, -0.2) is 0 Å². The van der Waals surface area contributed by atoms with E-state index in [-0.39, 0.29) is 11.8 Å². The summed E-state index contributed by atoms with van der Waals surface area (Å²) >= 11 is 1.56. The van der Waals surface area contributed by atoms with E-state index in [0.717, 1.165) is 41.3 Å². The summed E-state index contributed by atoms with van der Waals surface area (Å²) in [5.74, 6) is 0.399. The zero-order valence-corrected chi connectivity index (χ0v) is 17.0. The third-order valence-corrected chi connectivity index (χ3v) is 6.52. The molecule has 4 rings (SSSR count). The van der Waals surface area contributed by atoms with Gasteiger partial charge in [0.25, 0.3) is 5.91 Å². The van der Waals surface area contributed by atoms with Crippen LogP contribution in [0.4, 0.5) is 10.7 Å². The van der Waals surface area contributed by atoms with E-state index in [2.05, 4.69) is 17.6 Å². The van der Waals surface area contributed by atoms with E-state index in [1.165, 1.54) is 4.88 Å². The Morgan fingerprint density at radius 1 is 1.11 bits per heavy atom. The highest BCUT2D eigenvalue weighted by Crippen LogP contribution is 2.40. The largest absolute Gasteiger partial charge is 0.321 e. The number of hydrogen-bond donors (Lipinski definition) is 2. The van der Waals surface area contributed by atoms with Crippen LogP contribution in [-0.2, 0) is 17.6 Å². The SMILES string of the molecule is CCC(=O)Nc1sc2c(c1C(=O)Nc1cccc3ccccc13)CC[C@H](C)C2. The molecule has 5 heteroatoms. The van der Waals surface area contributed by atoms with Gasteiger partial charge in [0.05, 0.1) is 5.56 Å². The molecule has 0 bridgehead atoms. The quantitative estimate of drug-likeness (QED) is 0.605. The molecule has 0 saturated carbocycles. The van der Waals surface area contributed by atoms with Crippen molar-refractivity contribution in [3.05, 3.63) is 58.5 Å². The summed E-state index contributed by atoms with van der Waals surface area (Å²) in [5.41, 5.74) is 2.54. The van der Waals surface area contributed by atoms with Crippen LogP contribution in [0.2, 0.25) is 0 Å². The Labute approximate surface area is 169 Å². The van der Waals surface area contributed by atoms with E-state index in [0.29, 0.717) is 22.9 Å². The van der Waals surface area contributed by atoms with Gasteiger partial charge in [-0.1, -0.05) is 50.2 Å². The lowest BCUT2D eigenvalue weighted by molar-refractivity contribution is -0.115. The molecule has 1 heterocycles. The first-order valence-corrected chi connectivity index (χ1v) is 10.6. The number of hydrogen-bond acceptors (Lipinski definition) is 3. The summed E-state index contributed by atoms with van der Waals surface area (Å²) in [6.45, 7) is 4.06. The van der Waals surface area contributed by atoms with Crippen molar-refractivity contribution in [1.82, 2.24) is 0 Å². The lowest BCUT2D eigenvalue weighted by Crippen LogP contribution is -2.19. The van der Waals surface area contributed by atoms with Crippen molar-refractivity contribution >= 4 is 44.6 Å². The Kier molecular flexibility index (Phi) is 5.18. The normalized spacial score (nSPS) is 15.9. The van der Waals surface area contributed by atoms with Crippen molar-refractivity contribution in [2.24, 2.45) is 5.92 Å². The molecular weight excluding hydrogens is 368 g/mol. The first kappa shape index (κ1) is 18.7. The van der Waals surface area contributed by atoms with Gasteiger partial charge in [-0.05, 0) is 42.2 Å². The van der Waals surface area contributed by atoms with Crippen LogP contribution >= 0.6 is 11.3 Å². The maximum atomic E-state index is 13.3. The highest BCUT2D eigenvalue weighted by Gasteiger charge is 2.28. The Morgan fingerprint density at radius 3 is 2.71 bits per heavy atom. The van der Waals surface area contributed by atoms with E-state index in [1.807, 2.05) is 49.4 Å². The number of fused-ring (bicyclic) bond motifs is 2. The zero-order chi connectivity index (χ0) is 19.7. The summed E-state index contributed by atoms with van der Waals surface area (Å²) in [4.78, 5) is 26.6. The topological polar surface area (TPSA) is 58.2 Å². The molecule has 2 aromatic carbocycles. The highest BCUT2D eigenvalue weighted by molar-refractivity contribution is 7.17. The lowest BCUT2D eigenvalue weighted by Gasteiger charge is -2.19. The third-order valence-electron chi connectivity index (χ3n) is 5.35. The van der Waals surface area contributed by atoms with E-state index in [1.54, 1.807) is 11.3 Å². The van der Waals surface area contributed by atoms with Gasteiger partial charge in [-0.15, -0.1) is 11.3 Å². The van der Waals surface area contributed by atoms with Gasteiger partial charge in [-0.2, -0.15) is 0 Å². The van der Waals surface area contributed by atoms with Gasteiger partial charge < -0.3 is 10.6 Å². The fourth-order valence-electron chi connectivity index (χ4n) is 3.81. The summed E-state index contributed by atoms with van der Waals surface area (Å²) in [7, 11) is 0. The molecule has 2 amide bonds. The Morgan fingerprint density at radius 2 is 1.89 bits per heavy atom. The molecule has 0 unspecified atom stereocenters. The Hall–Kier alpha value is -2.66. The Bertz CT molecular complexity index is 1050. The molecule has 1 aromatic heterocycles.